The number of aryl methyl sites for hydroxylation is 1. The van der Waals surface area contributed by atoms with E-state index in [1.165, 1.54) is 0 Å². The molecule has 1 aromatic heterocycles. The van der Waals surface area contributed by atoms with Gasteiger partial charge in [-0.05, 0) is 37.9 Å². The average Bonchev–Trinajstić information content (AvgIpc) is 2.32. The van der Waals surface area contributed by atoms with Gasteiger partial charge in [0.15, 0.2) is 0 Å². The molecule has 1 heterocycles. The van der Waals surface area contributed by atoms with Crippen LogP contribution in [0.2, 0.25) is 0 Å². The summed E-state index contributed by atoms with van der Waals surface area (Å²) in [7, 11) is 0. The Morgan fingerprint density at radius 1 is 1.42 bits per heavy atom. The lowest BCUT2D eigenvalue weighted by Gasteiger charge is -2.21. The van der Waals surface area contributed by atoms with Crippen molar-refractivity contribution < 1.29 is 13.2 Å². The summed E-state index contributed by atoms with van der Waals surface area (Å²) in [6.07, 6.45) is -2.56. The van der Waals surface area contributed by atoms with E-state index in [-0.39, 0.29) is 6.42 Å². The van der Waals surface area contributed by atoms with Crippen LogP contribution in [-0.4, -0.2) is 17.7 Å². The van der Waals surface area contributed by atoms with E-state index in [0.717, 1.165) is 12.0 Å². The number of hydrogen-bond donors (Lipinski definition) is 2. The first kappa shape index (κ1) is 15.8. The zero-order chi connectivity index (χ0) is 14.5. The monoisotopic (exact) mass is 275 g/mol. The van der Waals surface area contributed by atoms with Gasteiger partial charge >= 0.3 is 6.18 Å². The van der Waals surface area contributed by atoms with Crippen LogP contribution < -0.4 is 11.1 Å². The van der Waals surface area contributed by atoms with E-state index in [9.17, 15) is 13.2 Å². The van der Waals surface area contributed by atoms with Gasteiger partial charge in [-0.3, -0.25) is 0 Å². The standard InChI is InChI=1S/C13H20F3N3/c1-3-6-18-11(4-5-13(14,15)16)10-7-9(2)8-19-12(10)17/h7-8,11,18H,3-6H2,1-2H3,(H2,17,19). The molecule has 0 aliphatic heterocycles. The molecule has 0 spiro atoms. The molecule has 0 saturated heterocycles. The number of aromatic nitrogens is 1. The first-order chi connectivity index (χ1) is 8.83. The Bertz CT molecular complexity index is 405. The molecule has 108 valence electrons. The Hall–Kier alpha value is -1.30. The van der Waals surface area contributed by atoms with E-state index in [2.05, 4.69) is 10.3 Å². The lowest BCUT2D eigenvalue weighted by atomic mass is 10.0. The van der Waals surface area contributed by atoms with Crippen molar-refractivity contribution in [3.05, 3.63) is 23.4 Å². The van der Waals surface area contributed by atoms with E-state index >= 15 is 0 Å². The number of nitrogens with zero attached hydrogens (tertiary/aromatic N) is 1. The number of alkyl halides is 3. The molecule has 0 aliphatic rings. The van der Waals surface area contributed by atoms with Crippen LogP contribution in [0.25, 0.3) is 0 Å². The largest absolute Gasteiger partial charge is 0.389 e. The lowest BCUT2D eigenvalue weighted by molar-refractivity contribution is -0.136. The first-order valence-electron chi connectivity index (χ1n) is 6.35. The van der Waals surface area contributed by atoms with Gasteiger partial charge in [-0.25, -0.2) is 4.98 Å². The van der Waals surface area contributed by atoms with Crippen molar-refractivity contribution in [1.82, 2.24) is 10.3 Å². The second-order valence-corrected chi connectivity index (χ2v) is 4.65. The van der Waals surface area contributed by atoms with Gasteiger partial charge in [-0.1, -0.05) is 6.92 Å². The van der Waals surface area contributed by atoms with Crippen LogP contribution in [0.1, 0.15) is 43.4 Å². The normalized spacial score (nSPS) is 13.5. The van der Waals surface area contributed by atoms with Crippen molar-refractivity contribution in [2.75, 3.05) is 12.3 Å². The molecular formula is C13H20F3N3. The summed E-state index contributed by atoms with van der Waals surface area (Å²) in [5, 5.41) is 3.11. The van der Waals surface area contributed by atoms with Crippen LogP contribution in [0.3, 0.4) is 0 Å². The zero-order valence-electron chi connectivity index (χ0n) is 11.2. The Balaban J connectivity index is 2.85. The molecule has 3 N–H and O–H groups in total. The second-order valence-electron chi connectivity index (χ2n) is 4.65. The molecule has 19 heavy (non-hydrogen) atoms. The SMILES string of the molecule is CCCNC(CCC(F)(F)F)c1cc(C)cnc1N. The van der Waals surface area contributed by atoms with Crippen molar-refractivity contribution in [1.29, 1.82) is 0 Å². The van der Waals surface area contributed by atoms with Gasteiger partial charge in [0.05, 0.1) is 0 Å². The van der Waals surface area contributed by atoms with Gasteiger partial charge < -0.3 is 11.1 Å². The van der Waals surface area contributed by atoms with E-state index in [1.54, 1.807) is 12.3 Å². The zero-order valence-corrected chi connectivity index (χ0v) is 11.2. The number of nitrogen functional groups attached to an aromatic ring is 1. The highest BCUT2D eigenvalue weighted by Crippen LogP contribution is 2.29. The van der Waals surface area contributed by atoms with Crippen LogP contribution in [0, 0.1) is 6.92 Å². The molecule has 1 aromatic rings. The summed E-state index contributed by atoms with van der Waals surface area (Å²) in [4.78, 5) is 4.01. The van der Waals surface area contributed by atoms with E-state index in [1.807, 2.05) is 13.8 Å². The molecule has 0 aliphatic carbocycles. The summed E-state index contributed by atoms with van der Waals surface area (Å²) in [5.74, 6) is 0.293. The predicted molar refractivity (Wildman–Crippen MR) is 69.7 cm³/mol. The molecule has 0 saturated carbocycles. The molecule has 1 atom stereocenters. The molecule has 3 nitrogen and oxygen atoms in total. The number of hydrogen-bond acceptors (Lipinski definition) is 3. The third-order valence-electron chi connectivity index (χ3n) is 2.82. The molecule has 0 amide bonds. The molecule has 0 bridgehead atoms. The number of pyridine rings is 1. The molecule has 0 fully saturated rings. The van der Waals surface area contributed by atoms with Gasteiger partial charge in [-0.15, -0.1) is 0 Å². The Labute approximate surface area is 111 Å². The van der Waals surface area contributed by atoms with E-state index in [4.69, 9.17) is 5.73 Å². The maximum absolute atomic E-state index is 12.4. The first-order valence-corrected chi connectivity index (χ1v) is 6.35. The number of halogens is 3. The topological polar surface area (TPSA) is 50.9 Å². The number of nitrogens with two attached hydrogens (primary N) is 1. The Morgan fingerprint density at radius 3 is 2.68 bits per heavy atom. The fourth-order valence-electron chi connectivity index (χ4n) is 1.88. The molecule has 1 unspecified atom stereocenters. The third-order valence-corrected chi connectivity index (χ3v) is 2.82. The molecule has 6 heteroatoms. The van der Waals surface area contributed by atoms with Crippen LogP contribution in [-0.2, 0) is 0 Å². The number of nitrogens with one attached hydrogen (secondary N) is 1. The minimum atomic E-state index is -4.15. The smallest absolute Gasteiger partial charge is 0.383 e. The lowest BCUT2D eigenvalue weighted by Crippen LogP contribution is -2.25. The second kappa shape index (κ2) is 6.75. The van der Waals surface area contributed by atoms with E-state index < -0.39 is 18.6 Å². The minimum Gasteiger partial charge on any atom is -0.383 e. The van der Waals surface area contributed by atoms with Crippen molar-refractivity contribution in [3.8, 4) is 0 Å². The van der Waals surface area contributed by atoms with Crippen molar-refractivity contribution >= 4 is 5.82 Å². The molecular weight excluding hydrogens is 255 g/mol. The third kappa shape index (κ3) is 5.46. The summed E-state index contributed by atoms with van der Waals surface area (Å²) < 4.78 is 37.1. The van der Waals surface area contributed by atoms with E-state index in [0.29, 0.717) is 17.9 Å². The maximum atomic E-state index is 12.4. The quantitative estimate of drug-likeness (QED) is 0.837. The van der Waals surface area contributed by atoms with Crippen LogP contribution in [0.5, 0.6) is 0 Å². The number of rotatable bonds is 6. The summed E-state index contributed by atoms with van der Waals surface area (Å²) >= 11 is 0. The van der Waals surface area contributed by atoms with Crippen LogP contribution in [0.15, 0.2) is 12.3 Å². The predicted octanol–water partition coefficient (Wildman–Crippen LogP) is 3.36. The maximum Gasteiger partial charge on any atom is 0.389 e. The summed E-state index contributed by atoms with van der Waals surface area (Å²) in [5.41, 5.74) is 7.31. The molecule has 0 radical (unpaired) electrons. The number of anilines is 1. The van der Waals surface area contributed by atoms with Crippen LogP contribution >= 0.6 is 0 Å². The van der Waals surface area contributed by atoms with Crippen molar-refractivity contribution in [2.24, 2.45) is 0 Å². The highest BCUT2D eigenvalue weighted by molar-refractivity contribution is 5.43. The van der Waals surface area contributed by atoms with Crippen LogP contribution in [0.4, 0.5) is 19.0 Å². The highest BCUT2D eigenvalue weighted by atomic mass is 19.4. The van der Waals surface area contributed by atoms with Crippen molar-refractivity contribution in [2.45, 2.75) is 45.3 Å². The fourth-order valence-corrected chi connectivity index (χ4v) is 1.88. The van der Waals surface area contributed by atoms with Gasteiger partial charge in [0.1, 0.15) is 5.82 Å². The minimum absolute atomic E-state index is 0.0289. The summed E-state index contributed by atoms with van der Waals surface area (Å²) in [6.45, 7) is 4.46. The van der Waals surface area contributed by atoms with Gasteiger partial charge in [0.2, 0.25) is 0 Å². The Kier molecular flexibility index (Phi) is 5.60. The molecule has 1 rings (SSSR count). The molecule has 0 aromatic carbocycles. The summed E-state index contributed by atoms with van der Waals surface area (Å²) in [6, 6.07) is 1.39. The highest BCUT2D eigenvalue weighted by Gasteiger charge is 2.29. The van der Waals surface area contributed by atoms with Gasteiger partial charge in [-0.2, -0.15) is 13.2 Å². The van der Waals surface area contributed by atoms with Crippen molar-refractivity contribution in [3.63, 3.8) is 0 Å². The van der Waals surface area contributed by atoms with Gasteiger partial charge in [0.25, 0.3) is 0 Å². The Morgan fingerprint density at radius 2 is 2.11 bits per heavy atom. The van der Waals surface area contributed by atoms with Gasteiger partial charge in [0, 0.05) is 24.2 Å². The average molecular weight is 275 g/mol. The fraction of sp³-hybridized carbons (Fsp3) is 0.615.